The molecule has 3 rings (SSSR count). The number of hydrogen-bond acceptors (Lipinski definition) is 3. The van der Waals surface area contributed by atoms with Gasteiger partial charge >= 0.3 is 0 Å². The molecule has 2 aromatic rings. The maximum Gasteiger partial charge on any atom is 0.180 e. The topological polar surface area (TPSA) is 38.9 Å². The molecule has 0 saturated heterocycles. The fraction of sp³-hybridized carbons (Fsp3) is 0.400. The molecule has 0 radical (unpaired) electrons. The van der Waals surface area contributed by atoms with E-state index in [0.29, 0.717) is 5.13 Å². The van der Waals surface area contributed by atoms with Crippen LogP contribution in [0.3, 0.4) is 0 Å². The lowest BCUT2D eigenvalue weighted by atomic mass is 9.67. The highest BCUT2D eigenvalue weighted by molar-refractivity contribution is 7.13. The second-order valence-electron chi connectivity index (χ2n) is 5.22. The highest BCUT2D eigenvalue weighted by Crippen LogP contribution is 2.45. The van der Waals surface area contributed by atoms with Gasteiger partial charge in [0, 0.05) is 10.8 Å². The molecule has 0 atom stereocenters. The quantitative estimate of drug-likeness (QED) is 0.896. The number of halogens is 1. The highest BCUT2D eigenvalue weighted by atomic mass is 32.1. The average molecular weight is 276 g/mol. The number of benzene rings is 1. The Morgan fingerprint density at radius 3 is 2.37 bits per heavy atom. The minimum atomic E-state index is -0.187. The first-order valence-electron chi connectivity index (χ1n) is 6.68. The van der Waals surface area contributed by atoms with E-state index in [4.69, 9.17) is 5.73 Å². The Hall–Kier alpha value is -1.42. The van der Waals surface area contributed by atoms with Crippen LogP contribution < -0.4 is 5.73 Å². The molecule has 19 heavy (non-hydrogen) atoms. The largest absolute Gasteiger partial charge is 0.375 e. The van der Waals surface area contributed by atoms with Crippen LogP contribution >= 0.6 is 11.3 Å². The number of nitrogen functional groups attached to an aromatic ring is 1. The van der Waals surface area contributed by atoms with Gasteiger partial charge in [-0.15, -0.1) is 11.3 Å². The van der Waals surface area contributed by atoms with Gasteiger partial charge in [0.25, 0.3) is 0 Å². The van der Waals surface area contributed by atoms with Gasteiger partial charge in [0.15, 0.2) is 5.13 Å². The molecule has 1 heterocycles. The Kier molecular flexibility index (Phi) is 3.27. The van der Waals surface area contributed by atoms with Crippen LogP contribution in [0.5, 0.6) is 0 Å². The summed E-state index contributed by atoms with van der Waals surface area (Å²) < 4.78 is 13.2. The molecule has 1 aromatic carbocycles. The number of nitrogens with zero attached hydrogens (tertiary/aromatic N) is 1. The van der Waals surface area contributed by atoms with Gasteiger partial charge in [-0.2, -0.15) is 0 Å². The van der Waals surface area contributed by atoms with Crippen molar-refractivity contribution in [2.75, 3.05) is 5.73 Å². The number of aromatic nitrogens is 1. The lowest BCUT2D eigenvalue weighted by molar-refractivity contribution is 0.339. The lowest BCUT2D eigenvalue weighted by Crippen LogP contribution is -2.30. The van der Waals surface area contributed by atoms with Crippen molar-refractivity contribution >= 4 is 16.5 Å². The molecule has 0 bridgehead atoms. The van der Waals surface area contributed by atoms with Gasteiger partial charge < -0.3 is 5.73 Å². The normalized spacial score (nSPS) is 18.4. The Morgan fingerprint density at radius 1 is 1.11 bits per heavy atom. The Balaban J connectivity index is 2.08. The van der Waals surface area contributed by atoms with E-state index in [2.05, 4.69) is 10.4 Å². The Morgan fingerprint density at radius 2 is 1.79 bits per heavy atom. The van der Waals surface area contributed by atoms with Crippen LogP contribution in [0.4, 0.5) is 9.52 Å². The summed E-state index contributed by atoms with van der Waals surface area (Å²) in [6, 6.07) is 6.88. The number of anilines is 1. The second-order valence-corrected chi connectivity index (χ2v) is 6.11. The maximum absolute atomic E-state index is 13.2. The van der Waals surface area contributed by atoms with Crippen molar-refractivity contribution in [3.8, 4) is 0 Å². The Bertz CT molecular complexity index is 556. The van der Waals surface area contributed by atoms with Crippen LogP contribution in [-0.4, -0.2) is 4.98 Å². The predicted molar refractivity (Wildman–Crippen MR) is 76.8 cm³/mol. The molecule has 1 fully saturated rings. The first-order chi connectivity index (χ1) is 9.21. The molecule has 1 aliphatic carbocycles. The van der Waals surface area contributed by atoms with Gasteiger partial charge in [-0.05, 0) is 30.5 Å². The summed E-state index contributed by atoms with van der Waals surface area (Å²) in [5, 5.41) is 2.67. The fourth-order valence-corrected chi connectivity index (χ4v) is 3.79. The van der Waals surface area contributed by atoms with E-state index in [1.165, 1.54) is 36.2 Å². The van der Waals surface area contributed by atoms with Crippen molar-refractivity contribution in [3.05, 3.63) is 46.7 Å². The van der Waals surface area contributed by atoms with Gasteiger partial charge in [0.1, 0.15) is 5.82 Å². The van der Waals surface area contributed by atoms with Gasteiger partial charge in [0.05, 0.1) is 5.69 Å². The number of thiazole rings is 1. The third-order valence-electron chi connectivity index (χ3n) is 4.12. The molecular formula is C15H17FN2S. The van der Waals surface area contributed by atoms with Crippen molar-refractivity contribution in [2.45, 2.75) is 37.5 Å². The SMILES string of the molecule is Nc1nc(C2(c3ccc(F)cc3)CCCCC2)cs1. The molecule has 100 valence electrons. The van der Waals surface area contributed by atoms with Crippen LogP contribution in [0.2, 0.25) is 0 Å². The third kappa shape index (κ3) is 2.25. The standard InChI is InChI=1S/C15H17FN2S/c16-12-6-4-11(5-7-12)15(8-2-1-3-9-15)13-10-19-14(17)18-13/h4-7,10H,1-3,8-9H2,(H2,17,18). The zero-order valence-electron chi connectivity index (χ0n) is 10.7. The average Bonchev–Trinajstić information content (AvgIpc) is 2.87. The van der Waals surface area contributed by atoms with E-state index in [9.17, 15) is 4.39 Å². The molecule has 1 saturated carbocycles. The maximum atomic E-state index is 13.2. The molecule has 0 amide bonds. The predicted octanol–water partition coefficient (Wildman–Crippen LogP) is 4.11. The van der Waals surface area contributed by atoms with Crippen molar-refractivity contribution in [3.63, 3.8) is 0 Å². The van der Waals surface area contributed by atoms with E-state index in [1.54, 1.807) is 12.1 Å². The zero-order valence-corrected chi connectivity index (χ0v) is 11.5. The van der Waals surface area contributed by atoms with Crippen LogP contribution in [0, 0.1) is 5.82 Å². The number of hydrogen-bond donors (Lipinski definition) is 1. The van der Waals surface area contributed by atoms with E-state index >= 15 is 0 Å². The zero-order chi connectivity index (χ0) is 13.3. The minimum Gasteiger partial charge on any atom is -0.375 e. The van der Waals surface area contributed by atoms with E-state index in [0.717, 1.165) is 18.5 Å². The summed E-state index contributed by atoms with van der Waals surface area (Å²) in [5.41, 5.74) is 7.95. The lowest BCUT2D eigenvalue weighted by Gasteiger charge is -2.36. The van der Waals surface area contributed by atoms with Crippen molar-refractivity contribution in [1.29, 1.82) is 0 Å². The molecule has 4 heteroatoms. The van der Waals surface area contributed by atoms with Gasteiger partial charge in [-0.3, -0.25) is 0 Å². The second kappa shape index (κ2) is 4.93. The monoisotopic (exact) mass is 276 g/mol. The minimum absolute atomic E-state index is 0.0694. The molecular weight excluding hydrogens is 259 g/mol. The third-order valence-corrected chi connectivity index (χ3v) is 4.79. The molecule has 2 N–H and O–H groups in total. The molecule has 1 aliphatic rings. The number of rotatable bonds is 2. The summed E-state index contributed by atoms with van der Waals surface area (Å²) in [4.78, 5) is 4.51. The van der Waals surface area contributed by atoms with Gasteiger partial charge in [-0.25, -0.2) is 9.37 Å². The molecule has 0 spiro atoms. The molecule has 1 aromatic heterocycles. The van der Waals surface area contributed by atoms with Crippen LogP contribution in [0.15, 0.2) is 29.6 Å². The van der Waals surface area contributed by atoms with Gasteiger partial charge in [-0.1, -0.05) is 31.4 Å². The van der Waals surface area contributed by atoms with Crippen molar-refractivity contribution in [1.82, 2.24) is 4.98 Å². The first kappa shape index (κ1) is 12.6. The summed E-state index contributed by atoms with van der Waals surface area (Å²) in [7, 11) is 0. The van der Waals surface area contributed by atoms with E-state index in [1.807, 2.05) is 12.1 Å². The highest BCUT2D eigenvalue weighted by Gasteiger charge is 2.37. The van der Waals surface area contributed by atoms with Crippen molar-refractivity contribution in [2.24, 2.45) is 0 Å². The van der Waals surface area contributed by atoms with Crippen LogP contribution in [0.1, 0.15) is 43.4 Å². The summed E-state index contributed by atoms with van der Waals surface area (Å²) in [6.45, 7) is 0. The van der Waals surface area contributed by atoms with Crippen LogP contribution in [-0.2, 0) is 5.41 Å². The smallest absolute Gasteiger partial charge is 0.180 e. The summed E-state index contributed by atoms with van der Waals surface area (Å²) >= 11 is 1.49. The fourth-order valence-electron chi connectivity index (χ4n) is 3.12. The van der Waals surface area contributed by atoms with E-state index in [-0.39, 0.29) is 11.2 Å². The van der Waals surface area contributed by atoms with Crippen LogP contribution in [0.25, 0.3) is 0 Å². The first-order valence-corrected chi connectivity index (χ1v) is 7.56. The van der Waals surface area contributed by atoms with Crippen molar-refractivity contribution < 1.29 is 4.39 Å². The van der Waals surface area contributed by atoms with E-state index < -0.39 is 0 Å². The van der Waals surface area contributed by atoms with Gasteiger partial charge in [0.2, 0.25) is 0 Å². The number of nitrogens with two attached hydrogens (primary N) is 1. The Labute approximate surface area is 116 Å². The summed E-state index contributed by atoms with van der Waals surface area (Å²) in [6.07, 6.45) is 5.79. The summed E-state index contributed by atoms with van der Waals surface area (Å²) in [5.74, 6) is -0.187. The molecule has 0 aliphatic heterocycles. The molecule has 2 nitrogen and oxygen atoms in total. The molecule has 0 unspecified atom stereocenters.